The number of halogens is 2. The monoisotopic (exact) mass is 495 g/mol. The SMILES string of the molecule is CN(C)Cc1ccc2c(c1)nc1cc(Nc3ccc(F)cc3)c(=Nc3ccc(F)cc3)cc-1n2C1CC1. The molecule has 3 aromatic carbocycles. The fourth-order valence-electron chi connectivity index (χ4n) is 4.70. The Hall–Kier alpha value is -4.10. The van der Waals surface area contributed by atoms with E-state index >= 15 is 0 Å². The highest BCUT2D eigenvalue weighted by Crippen LogP contribution is 2.41. The molecule has 186 valence electrons. The third-order valence-electron chi connectivity index (χ3n) is 6.50. The molecule has 0 aromatic heterocycles. The molecular weight excluding hydrogens is 468 g/mol. The molecule has 2 aliphatic carbocycles. The third-order valence-corrected chi connectivity index (χ3v) is 6.50. The molecule has 3 aromatic rings. The van der Waals surface area contributed by atoms with Crippen LogP contribution < -0.4 is 10.7 Å². The molecule has 0 amide bonds. The Labute approximate surface area is 214 Å². The predicted octanol–water partition coefficient (Wildman–Crippen LogP) is 6.79. The van der Waals surface area contributed by atoms with Crippen LogP contribution in [0.4, 0.5) is 25.8 Å². The van der Waals surface area contributed by atoms with Crippen LogP contribution in [0.2, 0.25) is 0 Å². The van der Waals surface area contributed by atoms with Crippen molar-refractivity contribution in [3.8, 4) is 11.4 Å². The van der Waals surface area contributed by atoms with Crippen LogP contribution in [-0.4, -0.2) is 28.5 Å². The van der Waals surface area contributed by atoms with E-state index in [4.69, 9.17) is 9.98 Å². The van der Waals surface area contributed by atoms with Crippen molar-refractivity contribution in [3.05, 3.63) is 101 Å². The van der Waals surface area contributed by atoms with Gasteiger partial charge in [0.05, 0.1) is 39.2 Å². The zero-order valence-corrected chi connectivity index (χ0v) is 20.7. The summed E-state index contributed by atoms with van der Waals surface area (Å²) >= 11 is 0. The topological polar surface area (TPSA) is 45.5 Å². The highest BCUT2D eigenvalue weighted by Gasteiger charge is 2.28. The van der Waals surface area contributed by atoms with E-state index in [1.807, 2.05) is 12.1 Å². The first-order valence-electron chi connectivity index (χ1n) is 12.4. The molecule has 3 aliphatic rings. The van der Waals surface area contributed by atoms with Crippen molar-refractivity contribution in [1.29, 1.82) is 0 Å². The standard InChI is InChI=1S/C30H27F2N5/c1-36(2)18-19-3-14-29-27(15-19)35-28-16-25(33-22-8-4-20(31)5-9-22)26(17-30(28)37(29)24-12-13-24)34-23-10-6-21(32)7-11-23/h3-11,14-17,24,33H,12-13,18H2,1-2H3. The first-order chi connectivity index (χ1) is 17.9. The molecular formula is C30H27F2N5. The van der Waals surface area contributed by atoms with E-state index in [0.29, 0.717) is 17.1 Å². The summed E-state index contributed by atoms with van der Waals surface area (Å²) in [7, 11) is 4.11. The maximum atomic E-state index is 13.5. The number of hydrogen-bond donors (Lipinski definition) is 1. The molecule has 0 spiro atoms. The Balaban J connectivity index is 1.58. The zero-order valence-electron chi connectivity index (χ0n) is 20.7. The summed E-state index contributed by atoms with van der Waals surface area (Å²) in [6, 6.07) is 23.3. The molecule has 0 unspecified atom stereocenters. The van der Waals surface area contributed by atoms with E-state index in [0.717, 1.165) is 53.2 Å². The number of nitrogens with zero attached hydrogens (tertiary/aromatic N) is 4. The van der Waals surface area contributed by atoms with Crippen molar-refractivity contribution in [2.75, 3.05) is 19.4 Å². The molecule has 0 radical (unpaired) electrons. The molecule has 0 atom stereocenters. The van der Waals surface area contributed by atoms with Crippen molar-refractivity contribution >= 4 is 28.1 Å². The third kappa shape index (κ3) is 4.95. The molecule has 1 fully saturated rings. The zero-order chi connectivity index (χ0) is 25.5. The van der Waals surface area contributed by atoms with E-state index in [1.165, 1.54) is 29.8 Å². The van der Waals surface area contributed by atoms with Gasteiger partial charge >= 0.3 is 0 Å². The van der Waals surface area contributed by atoms with Crippen molar-refractivity contribution in [2.24, 2.45) is 4.99 Å². The molecule has 1 aliphatic heterocycles. The Morgan fingerprint density at radius 1 is 0.919 bits per heavy atom. The van der Waals surface area contributed by atoms with E-state index in [1.54, 1.807) is 24.3 Å². The largest absolute Gasteiger partial charge is 0.354 e. The van der Waals surface area contributed by atoms with Gasteiger partial charge in [0.15, 0.2) is 0 Å². The van der Waals surface area contributed by atoms with Crippen molar-refractivity contribution in [1.82, 2.24) is 14.5 Å². The van der Waals surface area contributed by atoms with E-state index < -0.39 is 0 Å². The second kappa shape index (κ2) is 9.41. The van der Waals surface area contributed by atoms with Crippen molar-refractivity contribution < 1.29 is 8.78 Å². The van der Waals surface area contributed by atoms with Gasteiger partial charge in [0.1, 0.15) is 11.6 Å². The summed E-state index contributed by atoms with van der Waals surface area (Å²) in [6.07, 6.45) is 2.25. The van der Waals surface area contributed by atoms with Gasteiger partial charge in [-0.3, -0.25) is 0 Å². The van der Waals surface area contributed by atoms with Crippen molar-refractivity contribution in [3.63, 3.8) is 0 Å². The maximum Gasteiger partial charge on any atom is 0.123 e. The van der Waals surface area contributed by atoms with Crippen LogP contribution in [0.25, 0.3) is 22.4 Å². The number of hydrogen-bond acceptors (Lipinski definition) is 4. The first kappa shape index (κ1) is 23.3. The summed E-state index contributed by atoms with van der Waals surface area (Å²) in [4.78, 5) is 12.0. The molecule has 37 heavy (non-hydrogen) atoms. The van der Waals surface area contributed by atoms with Gasteiger partial charge in [-0.05, 0) is 105 Å². The van der Waals surface area contributed by atoms with Crippen LogP contribution in [0, 0.1) is 11.6 Å². The summed E-state index contributed by atoms with van der Waals surface area (Å²) in [5, 5.41) is 4.08. The minimum absolute atomic E-state index is 0.299. The average Bonchev–Trinajstić information content (AvgIpc) is 3.71. The van der Waals surface area contributed by atoms with Gasteiger partial charge in [0.25, 0.3) is 0 Å². The molecule has 7 heteroatoms. The molecule has 0 bridgehead atoms. The van der Waals surface area contributed by atoms with Gasteiger partial charge in [-0.1, -0.05) is 6.07 Å². The minimum Gasteiger partial charge on any atom is -0.354 e. The predicted molar refractivity (Wildman–Crippen MR) is 143 cm³/mol. The van der Waals surface area contributed by atoms with Crippen LogP contribution >= 0.6 is 0 Å². The lowest BCUT2D eigenvalue weighted by atomic mass is 10.1. The number of nitrogens with one attached hydrogen (secondary N) is 1. The molecule has 5 nitrogen and oxygen atoms in total. The van der Waals surface area contributed by atoms with Gasteiger partial charge in [-0.2, -0.15) is 0 Å². The fraction of sp³-hybridized carbons (Fsp3) is 0.200. The van der Waals surface area contributed by atoms with Gasteiger partial charge in [0, 0.05) is 18.3 Å². The van der Waals surface area contributed by atoms with Crippen LogP contribution in [0.15, 0.2) is 83.9 Å². The van der Waals surface area contributed by atoms with Gasteiger partial charge in [-0.25, -0.2) is 18.8 Å². The Bertz CT molecular complexity index is 1620. The summed E-state index contributed by atoms with van der Waals surface area (Å²) in [5.74, 6) is -0.606. The molecule has 1 saturated carbocycles. The van der Waals surface area contributed by atoms with E-state index in [9.17, 15) is 8.78 Å². The number of benzene rings is 4. The maximum absolute atomic E-state index is 13.5. The average molecular weight is 496 g/mol. The smallest absolute Gasteiger partial charge is 0.123 e. The van der Waals surface area contributed by atoms with Crippen molar-refractivity contribution in [2.45, 2.75) is 25.4 Å². The minimum atomic E-state index is -0.307. The Morgan fingerprint density at radius 3 is 2.30 bits per heavy atom. The highest BCUT2D eigenvalue weighted by atomic mass is 19.1. The number of anilines is 2. The summed E-state index contributed by atoms with van der Waals surface area (Å²) < 4.78 is 29.4. The van der Waals surface area contributed by atoms with Gasteiger partial charge < -0.3 is 14.8 Å². The second-order valence-corrected chi connectivity index (χ2v) is 9.85. The van der Waals surface area contributed by atoms with Crippen LogP contribution in [0.3, 0.4) is 0 Å². The van der Waals surface area contributed by atoms with E-state index in [-0.39, 0.29) is 11.6 Å². The Kier molecular flexibility index (Phi) is 5.93. The van der Waals surface area contributed by atoms with E-state index in [2.05, 4.69) is 47.1 Å². The lowest BCUT2D eigenvalue weighted by Gasteiger charge is -2.20. The summed E-state index contributed by atoms with van der Waals surface area (Å²) in [5.41, 5.74) is 7.23. The van der Waals surface area contributed by atoms with Crippen LogP contribution in [0.1, 0.15) is 24.4 Å². The normalized spacial score (nSPS) is 14.1. The molecule has 1 heterocycles. The number of fused-ring (bicyclic) bond motifs is 2. The lowest BCUT2D eigenvalue weighted by molar-refractivity contribution is 0.402. The molecule has 6 rings (SSSR count). The Morgan fingerprint density at radius 2 is 1.62 bits per heavy atom. The quantitative estimate of drug-likeness (QED) is 0.264. The van der Waals surface area contributed by atoms with Gasteiger partial charge in [-0.15, -0.1) is 0 Å². The van der Waals surface area contributed by atoms with Crippen LogP contribution in [0.5, 0.6) is 0 Å². The lowest BCUT2D eigenvalue weighted by Crippen LogP contribution is -2.15. The molecule has 1 N–H and O–H groups in total. The summed E-state index contributed by atoms with van der Waals surface area (Å²) in [6.45, 7) is 0.839. The second-order valence-electron chi connectivity index (χ2n) is 9.85. The highest BCUT2D eigenvalue weighted by molar-refractivity contribution is 5.83. The fourth-order valence-corrected chi connectivity index (χ4v) is 4.70. The number of rotatable bonds is 6. The number of aromatic nitrogens is 2. The van der Waals surface area contributed by atoms with Gasteiger partial charge in [0.2, 0.25) is 0 Å². The first-order valence-corrected chi connectivity index (χ1v) is 12.4. The molecule has 0 saturated heterocycles. The van der Waals surface area contributed by atoms with Crippen LogP contribution in [-0.2, 0) is 6.54 Å².